The van der Waals surface area contributed by atoms with Crippen molar-refractivity contribution in [3.8, 4) is 0 Å². The lowest BCUT2D eigenvalue weighted by atomic mass is 10.1. The van der Waals surface area contributed by atoms with Crippen LogP contribution in [0.5, 0.6) is 0 Å². The highest BCUT2D eigenvalue weighted by Gasteiger charge is 2.16. The third-order valence-electron chi connectivity index (χ3n) is 3.39. The summed E-state index contributed by atoms with van der Waals surface area (Å²) in [7, 11) is 0. The van der Waals surface area contributed by atoms with Crippen molar-refractivity contribution >= 4 is 28.8 Å². The fourth-order valence-electron chi connectivity index (χ4n) is 2.23. The van der Waals surface area contributed by atoms with Crippen molar-refractivity contribution in [2.45, 2.75) is 20.3 Å². The van der Waals surface area contributed by atoms with Crippen LogP contribution in [0.1, 0.15) is 22.4 Å². The highest BCUT2D eigenvalue weighted by Crippen LogP contribution is 2.27. The zero-order valence-electron chi connectivity index (χ0n) is 11.2. The lowest BCUT2D eigenvalue weighted by Gasteiger charge is -2.04. The Balaban J connectivity index is 2.19. The van der Waals surface area contributed by atoms with Crippen LogP contribution < -0.4 is 0 Å². The van der Waals surface area contributed by atoms with Gasteiger partial charge in [0.1, 0.15) is 10.3 Å². The lowest BCUT2D eigenvalue weighted by molar-refractivity contribution is 0.908. The van der Waals surface area contributed by atoms with Gasteiger partial charge in [-0.1, -0.05) is 53.5 Å². The molecule has 0 aliphatic carbocycles. The van der Waals surface area contributed by atoms with Crippen molar-refractivity contribution in [2.24, 2.45) is 0 Å². The van der Waals surface area contributed by atoms with Crippen LogP contribution in [0.15, 0.2) is 30.3 Å². The van der Waals surface area contributed by atoms with Gasteiger partial charge in [0.25, 0.3) is 0 Å². The normalized spacial score (nSPS) is 11.2. The van der Waals surface area contributed by atoms with E-state index in [2.05, 4.69) is 22.2 Å². The Morgan fingerprint density at radius 2 is 1.80 bits per heavy atom. The van der Waals surface area contributed by atoms with Gasteiger partial charge in [0.15, 0.2) is 5.65 Å². The van der Waals surface area contributed by atoms with Crippen molar-refractivity contribution in [3.63, 3.8) is 0 Å². The monoisotopic (exact) mass is 305 g/mol. The van der Waals surface area contributed by atoms with Crippen LogP contribution in [0.25, 0.3) is 5.65 Å². The molecule has 5 heteroatoms. The number of hydrogen-bond acceptors (Lipinski definition) is 2. The summed E-state index contributed by atoms with van der Waals surface area (Å²) in [4.78, 5) is 4.43. The number of halogens is 2. The average Bonchev–Trinajstić information content (AvgIpc) is 2.75. The van der Waals surface area contributed by atoms with Crippen molar-refractivity contribution in [3.05, 3.63) is 63.0 Å². The predicted octanol–water partition coefficient (Wildman–Crippen LogP) is 4.24. The van der Waals surface area contributed by atoms with Gasteiger partial charge in [-0.2, -0.15) is 5.10 Å². The summed E-state index contributed by atoms with van der Waals surface area (Å²) >= 11 is 12.4. The molecule has 0 aliphatic heterocycles. The van der Waals surface area contributed by atoms with E-state index in [1.54, 1.807) is 4.52 Å². The second kappa shape index (κ2) is 5.08. The third-order valence-corrected chi connectivity index (χ3v) is 4.20. The molecule has 102 valence electrons. The molecule has 0 atom stereocenters. The second-order valence-electron chi connectivity index (χ2n) is 4.78. The number of nitrogens with zero attached hydrogens (tertiary/aromatic N) is 3. The molecule has 20 heavy (non-hydrogen) atoms. The van der Waals surface area contributed by atoms with Crippen molar-refractivity contribution in [1.82, 2.24) is 14.6 Å². The summed E-state index contributed by atoms with van der Waals surface area (Å²) in [5.41, 5.74) is 4.66. The summed E-state index contributed by atoms with van der Waals surface area (Å²) in [6, 6.07) is 10.2. The minimum Gasteiger partial charge on any atom is -0.216 e. The standard InChI is InChI=1S/C15H13Cl2N3/c1-9-13(16)18-15-12(8-11-6-4-3-5-7-11)10(2)19-20(15)14(9)17/h3-7H,8H2,1-2H3. The maximum absolute atomic E-state index is 6.30. The van der Waals surface area contributed by atoms with E-state index >= 15 is 0 Å². The van der Waals surface area contributed by atoms with Gasteiger partial charge in [-0.25, -0.2) is 9.50 Å². The number of rotatable bonds is 2. The van der Waals surface area contributed by atoms with E-state index in [-0.39, 0.29) is 0 Å². The fourth-order valence-corrected chi connectivity index (χ4v) is 2.65. The molecule has 0 radical (unpaired) electrons. The van der Waals surface area contributed by atoms with E-state index in [1.165, 1.54) is 5.56 Å². The van der Waals surface area contributed by atoms with Gasteiger partial charge in [0.2, 0.25) is 0 Å². The molecule has 0 spiro atoms. The van der Waals surface area contributed by atoms with Crippen molar-refractivity contribution < 1.29 is 0 Å². The molecule has 0 amide bonds. The van der Waals surface area contributed by atoms with E-state index < -0.39 is 0 Å². The number of hydrogen-bond donors (Lipinski definition) is 0. The van der Waals surface area contributed by atoms with E-state index in [1.807, 2.05) is 32.0 Å². The summed E-state index contributed by atoms with van der Waals surface area (Å²) in [6.45, 7) is 3.80. The van der Waals surface area contributed by atoms with Gasteiger partial charge in [-0.3, -0.25) is 0 Å². The Labute approximate surface area is 127 Å². The van der Waals surface area contributed by atoms with Crippen LogP contribution in [0.2, 0.25) is 10.3 Å². The third kappa shape index (κ3) is 2.17. The number of aryl methyl sites for hydroxylation is 1. The molecule has 3 nitrogen and oxygen atoms in total. The van der Waals surface area contributed by atoms with Gasteiger partial charge in [-0.05, 0) is 19.4 Å². The first-order valence-electron chi connectivity index (χ1n) is 6.31. The largest absolute Gasteiger partial charge is 0.216 e. The van der Waals surface area contributed by atoms with Gasteiger partial charge in [0.05, 0.1) is 5.69 Å². The van der Waals surface area contributed by atoms with Crippen LogP contribution in [-0.4, -0.2) is 14.6 Å². The molecule has 0 aliphatic rings. The zero-order valence-corrected chi connectivity index (χ0v) is 12.7. The Morgan fingerprint density at radius 1 is 1.10 bits per heavy atom. The molecule has 0 unspecified atom stereocenters. The molecule has 0 saturated carbocycles. The lowest BCUT2D eigenvalue weighted by Crippen LogP contribution is -1.98. The van der Waals surface area contributed by atoms with Gasteiger partial charge >= 0.3 is 0 Å². The minimum atomic E-state index is 0.428. The van der Waals surface area contributed by atoms with E-state index in [4.69, 9.17) is 23.2 Å². The molecule has 0 fully saturated rings. The first kappa shape index (κ1) is 13.4. The fraction of sp³-hybridized carbons (Fsp3) is 0.200. The highest BCUT2D eigenvalue weighted by atomic mass is 35.5. The van der Waals surface area contributed by atoms with Crippen LogP contribution in [-0.2, 0) is 6.42 Å². The van der Waals surface area contributed by atoms with E-state index in [9.17, 15) is 0 Å². The van der Waals surface area contributed by atoms with Crippen LogP contribution in [0.4, 0.5) is 0 Å². The van der Waals surface area contributed by atoms with E-state index in [0.29, 0.717) is 10.3 Å². The van der Waals surface area contributed by atoms with Gasteiger partial charge in [0, 0.05) is 17.5 Å². The molecular formula is C15H13Cl2N3. The van der Waals surface area contributed by atoms with Crippen molar-refractivity contribution in [1.29, 1.82) is 0 Å². The first-order chi connectivity index (χ1) is 9.58. The maximum atomic E-state index is 6.30. The summed E-state index contributed by atoms with van der Waals surface area (Å²) in [6.07, 6.45) is 0.763. The van der Waals surface area contributed by atoms with Crippen LogP contribution in [0, 0.1) is 13.8 Å². The topological polar surface area (TPSA) is 30.2 Å². The molecule has 0 saturated heterocycles. The molecule has 1 aromatic carbocycles. The quantitative estimate of drug-likeness (QED) is 0.663. The Kier molecular flexibility index (Phi) is 3.40. The SMILES string of the molecule is Cc1nn2c(Cl)c(C)c(Cl)nc2c1Cc1ccccc1. The molecule has 2 heterocycles. The summed E-state index contributed by atoms with van der Waals surface area (Å²) in [5.74, 6) is 0. The van der Waals surface area contributed by atoms with Crippen molar-refractivity contribution in [2.75, 3.05) is 0 Å². The molecule has 3 rings (SSSR count). The van der Waals surface area contributed by atoms with Gasteiger partial charge in [-0.15, -0.1) is 0 Å². The Morgan fingerprint density at radius 3 is 2.50 bits per heavy atom. The predicted molar refractivity (Wildman–Crippen MR) is 81.7 cm³/mol. The first-order valence-corrected chi connectivity index (χ1v) is 7.07. The van der Waals surface area contributed by atoms with Crippen LogP contribution in [0.3, 0.4) is 0 Å². The second-order valence-corrected chi connectivity index (χ2v) is 5.50. The maximum Gasteiger partial charge on any atom is 0.162 e. The molecular weight excluding hydrogens is 293 g/mol. The Bertz CT molecular complexity index is 779. The van der Waals surface area contributed by atoms with Crippen LogP contribution >= 0.6 is 23.2 Å². The molecule has 0 bridgehead atoms. The zero-order chi connectivity index (χ0) is 14.3. The number of benzene rings is 1. The highest BCUT2D eigenvalue weighted by molar-refractivity contribution is 6.34. The molecule has 0 N–H and O–H groups in total. The van der Waals surface area contributed by atoms with Gasteiger partial charge < -0.3 is 0 Å². The van der Waals surface area contributed by atoms with E-state index in [0.717, 1.165) is 28.9 Å². The number of fused-ring (bicyclic) bond motifs is 1. The summed E-state index contributed by atoms with van der Waals surface area (Å²) < 4.78 is 1.66. The molecule has 2 aromatic heterocycles. The number of aromatic nitrogens is 3. The minimum absolute atomic E-state index is 0.428. The summed E-state index contributed by atoms with van der Waals surface area (Å²) in [5, 5.41) is 5.42. The molecule has 3 aromatic rings. The smallest absolute Gasteiger partial charge is 0.162 e. The Hall–Kier alpha value is -1.58. The average molecular weight is 306 g/mol.